The lowest BCUT2D eigenvalue weighted by molar-refractivity contribution is 0.00625. The standard InChI is InChI=1S/C29H64O4Si2/c1-27(2,3)34(7,8)32-25-19-13-11-15-21-29(31,23-17-18-24-30)22-16-12-14-20-26-33-35(9,10)28(4,5)6/h30-31H,11-26H2,1-10H3. The van der Waals surface area contributed by atoms with Crippen molar-refractivity contribution in [2.75, 3.05) is 19.8 Å². The maximum atomic E-state index is 11.3. The molecule has 0 spiro atoms. The number of aliphatic hydroxyl groups is 2. The van der Waals surface area contributed by atoms with Crippen molar-refractivity contribution < 1.29 is 19.1 Å². The minimum atomic E-state index is -1.63. The van der Waals surface area contributed by atoms with Gasteiger partial charge in [-0.05, 0) is 81.2 Å². The summed E-state index contributed by atoms with van der Waals surface area (Å²) in [5, 5.41) is 21.0. The van der Waals surface area contributed by atoms with Crippen molar-refractivity contribution in [2.45, 2.75) is 167 Å². The Morgan fingerprint density at radius 1 is 0.514 bits per heavy atom. The van der Waals surface area contributed by atoms with Crippen LogP contribution in [0.3, 0.4) is 0 Å². The van der Waals surface area contributed by atoms with Gasteiger partial charge in [-0.3, -0.25) is 0 Å². The minimum absolute atomic E-state index is 0.221. The molecule has 0 saturated heterocycles. The first-order valence-electron chi connectivity index (χ1n) is 14.6. The Labute approximate surface area is 222 Å². The van der Waals surface area contributed by atoms with E-state index in [4.69, 9.17) is 8.85 Å². The Hall–Kier alpha value is 0.274. The van der Waals surface area contributed by atoms with Crippen LogP contribution < -0.4 is 0 Å². The molecule has 0 radical (unpaired) electrons. The van der Waals surface area contributed by atoms with E-state index in [-0.39, 0.29) is 16.7 Å². The van der Waals surface area contributed by atoms with E-state index in [1.807, 2.05) is 0 Å². The summed E-state index contributed by atoms with van der Waals surface area (Å²) >= 11 is 0. The van der Waals surface area contributed by atoms with Crippen molar-refractivity contribution >= 4 is 16.6 Å². The summed E-state index contributed by atoms with van der Waals surface area (Å²) in [5.74, 6) is 0. The zero-order chi connectivity index (χ0) is 27.2. The van der Waals surface area contributed by atoms with Crippen LogP contribution in [0.5, 0.6) is 0 Å². The van der Waals surface area contributed by atoms with Crippen LogP contribution >= 0.6 is 0 Å². The Morgan fingerprint density at radius 2 is 0.829 bits per heavy atom. The van der Waals surface area contributed by atoms with Gasteiger partial charge in [-0.25, -0.2) is 0 Å². The summed E-state index contributed by atoms with van der Waals surface area (Å²) < 4.78 is 12.6. The highest BCUT2D eigenvalue weighted by Gasteiger charge is 2.37. The predicted molar refractivity (Wildman–Crippen MR) is 158 cm³/mol. The first kappa shape index (κ1) is 35.3. The molecule has 0 heterocycles. The molecule has 0 amide bonds. The van der Waals surface area contributed by atoms with E-state index in [9.17, 15) is 10.2 Å². The molecule has 6 heteroatoms. The predicted octanol–water partition coefficient (Wildman–Crippen LogP) is 8.82. The van der Waals surface area contributed by atoms with Crippen LogP contribution in [0.25, 0.3) is 0 Å². The Bertz CT molecular complexity index is 496. The Morgan fingerprint density at radius 3 is 1.14 bits per heavy atom. The summed E-state index contributed by atoms with van der Waals surface area (Å²) in [6, 6.07) is 0. The molecule has 0 rings (SSSR count). The SMILES string of the molecule is CC(C)(C)[Si](C)(C)OCCCCCCC(O)(CCCCO)CCCCCCO[Si](C)(C)C(C)(C)C. The first-order chi connectivity index (χ1) is 16.0. The van der Waals surface area contributed by atoms with Gasteiger partial charge in [0.05, 0.1) is 5.60 Å². The molecule has 0 bridgehead atoms. The highest BCUT2D eigenvalue weighted by atomic mass is 28.4. The normalized spacial score (nSPS) is 14.1. The van der Waals surface area contributed by atoms with Crippen LogP contribution in [0.15, 0.2) is 0 Å². The molecule has 0 aliphatic carbocycles. The number of hydrogen-bond acceptors (Lipinski definition) is 4. The van der Waals surface area contributed by atoms with Crippen molar-refractivity contribution in [3.8, 4) is 0 Å². The molecule has 0 aromatic rings. The maximum Gasteiger partial charge on any atom is 0.191 e. The average Bonchev–Trinajstić information content (AvgIpc) is 2.71. The summed E-state index contributed by atoms with van der Waals surface area (Å²) in [5.41, 5.74) is -0.565. The third kappa shape index (κ3) is 15.3. The fourth-order valence-corrected chi connectivity index (χ4v) is 6.02. The quantitative estimate of drug-likeness (QED) is 0.121. The van der Waals surface area contributed by atoms with Gasteiger partial charge in [0.25, 0.3) is 0 Å². The largest absolute Gasteiger partial charge is 0.417 e. The van der Waals surface area contributed by atoms with Crippen molar-refractivity contribution in [3.63, 3.8) is 0 Å². The average molecular weight is 533 g/mol. The number of aliphatic hydroxyl groups excluding tert-OH is 1. The second-order valence-electron chi connectivity index (χ2n) is 14.0. The monoisotopic (exact) mass is 532 g/mol. The van der Waals surface area contributed by atoms with E-state index in [0.717, 1.165) is 83.8 Å². The second kappa shape index (κ2) is 16.3. The highest BCUT2D eigenvalue weighted by molar-refractivity contribution is 6.74. The first-order valence-corrected chi connectivity index (χ1v) is 20.4. The van der Waals surface area contributed by atoms with E-state index >= 15 is 0 Å². The molecular formula is C29H64O4Si2. The smallest absolute Gasteiger partial charge is 0.191 e. The highest BCUT2D eigenvalue weighted by Crippen LogP contribution is 2.37. The second-order valence-corrected chi connectivity index (χ2v) is 23.6. The van der Waals surface area contributed by atoms with Gasteiger partial charge in [-0.1, -0.05) is 80.1 Å². The topological polar surface area (TPSA) is 58.9 Å². The summed E-state index contributed by atoms with van der Waals surface area (Å²) in [6.07, 6.45) is 13.4. The summed E-state index contributed by atoms with van der Waals surface area (Å²) in [4.78, 5) is 0. The van der Waals surface area contributed by atoms with Crippen molar-refractivity contribution in [2.24, 2.45) is 0 Å². The van der Waals surface area contributed by atoms with Crippen molar-refractivity contribution in [1.29, 1.82) is 0 Å². The molecule has 0 aromatic heterocycles. The lowest BCUT2D eigenvalue weighted by atomic mass is 9.85. The number of hydrogen-bond donors (Lipinski definition) is 2. The molecule has 0 saturated carbocycles. The van der Waals surface area contributed by atoms with E-state index in [0.29, 0.717) is 0 Å². The third-order valence-electron chi connectivity index (χ3n) is 8.66. The Kier molecular flexibility index (Phi) is 16.4. The van der Waals surface area contributed by atoms with Crippen molar-refractivity contribution in [3.05, 3.63) is 0 Å². The molecule has 0 fully saturated rings. The Balaban J connectivity index is 4.23. The van der Waals surface area contributed by atoms with Crippen LogP contribution in [0.4, 0.5) is 0 Å². The molecule has 0 aromatic carbocycles. The summed E-state index contributed by atoms with van der Waals surface area (Å²) in [6.45, 7) is 25.0. The van der Waals surface area contributed by atoms with Gasteiger partial charge in [0.2, 0.25) is 0 Å². The zero-order valence-corrected chi connectivity index (χ0v) is 27.5. The molecule has 35 heavy (non-hydrogen) atoms. The van der Waals surface area contributed by atoms with Crippen molar-refractivity contribution in [1.82, 2.24) is 0 Å². The van der Waals surface area contributed by atoms with E-state index in [1.54, 1.807) is 0 Å². The molecule has 4 nitrogen and oxygen atoms in total. The summed E-state index contributed by atoms with van der Waals surface area (Å²) in [7, 11) is -3.27. The van der Waals surface area contributed by atoms with Gasteiger partial charge in [0, 0.05) is 19.8 Å². The molecule has 0 aliphatic rings. The fraction of sp³-hybridized carbons (Fsp3) is 1.00. The molecule has 0 unspecified atom stereocenters. The van der Waals surface area contributed by atoms with Gasteiger partial charge < -0.3 is 19.1 Å². The molecular weight excluding hydrogens is 468 g/mol. The van der Waals surface area contributed by atoms with Crippen LogP contribution in [0, 0.1) is 0 Å². The zero-order valence-electron chi connectivity index (χ0n) is 25.5. The van der Waals surface area contributed by atoms with E-state index in [1.165, 1.54) is 12.8 Å². The molecule has 2 N–H and O–H groups in total. The van der Waals surface area contributed by atoms with Gasteiger partial charge in [0.1, 0.15) is 0 Å². The van der Waals surface area contributed by atoms with Crippen LogP contribution in [0.2, 0.25) is 36.3 Å². The third-order valence-corrected chi connectivity index (χ3v) is 17.7. The van der Waals surface area contributed by atoms with Crippen LogP contribution in [-0.2, 0) is 8.85 Å². The van der Waals surface area contributed by atoms with Crippen LogP contribution in [0.1, 0.15) is 125 Å². The fourth-order valence-electron chi connectivity index (χ4n) is 3.85. The number of rotatable bonds is 20. The number of unbranched alkanes of at least 4 members (excludes halogenated alkanes) is 7. The van der Waals surface area contributed by atoms with Gasteiger partial charge >= 0.3 is 0 Å². The van der Waals surface area contributed by atoms with Gasteiger partial charge in [0.15, 0.2) is 16.6 Å². The van der Waals surface area contributed by atoms with E-state index < -0.39 is 22.2 Å². The minimum Gasteiger partial charge on any atom is -0.417 e. The lowest BCUT2D eigenvalue weighted by Crippen LogP contribution is -2.40. The molecule has 0 aliphatic heterocycles. The van der Waals surface area contributed by atoms with Gasteiger partial charge in [-0.15, -0.1) is 0 Å². The maximum absolute atomic E-state index is 11.3. The molecule has 212 valence electrons. The van der Waals surface area contributed by atoms with Gasteiger partial charge in [-0.2, -0.15) is 0 Å². The lowest BCUT2D eigenvalue weighted by Gasteiger charge is -2.36. The molecule has 0 atom stereocenters. The van der Waals surface area contributed by atoms with Crippen LogP contribution in [-0.4, -0.2) is 52.3 Å². The van der Waals surface area contributed by atoms with E-state index in [2.05, 4.69) is 67.7 Å².